The number of carboxylic acid groups (broad SMARTS) is 1. The zero-order chi connectivity index (χ0) is 18.4. The number of nitrogens with one attached hydrogen (secondary N) is 1. The van der Waals surface area contributed by atoms with Gasteiger partial charge in [-0.3, -0.25) is 0 Å². The van der Waals surface area contributed by atoms with Crippen LogP contribution in [0.15, 0.2) is 60.8 Å². The van der Waals surface area contributed by atoms with Crippen LogP contribution in [0.25, 0.3) is 11.3 Å². The van der Waals surface area contributed by atoms with Gasteiger partial charge in [0.25, 0.3) is 0 Å². The van der Waals surface area contributed by atoms with E-state index >= 15 is 0 Å². The van der Waals surface area contributed by atoms with Gasteiger partial charge in [-0.05, 0) is 24.1 Å². The van der Waals surface area contributed by atoms with Crippen LogP contribution in [0.2, 0.25) is 0 Å². The van der Waals surface area contributed by atoms with E-state index in [-0.39, 0.29) is 5.56 Å². The van der Waals surface area contributed by atoms with Crippen molar-refractivity contribution >= 4 is 11.9 Å². The number of nitrogens with zero attached hydrogens (tertiary/aromatic N) is 2. The predicted octanol–water partition coefficient (Wildman–Crippen LogP) is 3.51. The van der Waals surface area contributed by atoms with Crippen LogP contribution in [0, 0.1) is 0 Å². The zero-order valence-electron chi connectivity index (χ0n) is 14.3. The molecule has 0 aliphatic carbocycles. The third-order valence-electron chi connectivity index (χ3n) is 3.92. The molecule has 3 aromatic rings. The van der Waals surface area contributed by atoms with Crippen LogP contribution in [-0.4, -0.2) is 34.7 Å². The lowest BCUT2D eigenvalue weighted by atomic mass is 10.1. The first kappa shape index (κ1) is 17.4. The summed E-state index contributed by atoms with van der Waals surface area (Å²) in [5, 5.41) is 12.6. The summed E-state index contributed by atoms with van der Waals surface area (Å²) in [6.07, 6.45) is 2.14. The monoisotopic (exact) mass is 349 g/mol. The molecule has 0 aliphatic rings. The molecule has 2 aromatic carbocycles. The molecule has 1 heterocycles. The second-order valence-corrected chi connectivity index (χ2v) is 5.62. The molecular weight excluding hydrogens is 330 g/mol. The van der Waals surface area contributed by atoms with E-state index in [1.54, 1.807) is 19.2 Å². The molecule has 3 rings (SSSR count). The molecule has 0 saturated heterocycles. The van der Waals surface area contributed by atoms with Crippen molar-refractivity contribution in [1.29, 1.82) is 0 Å². The molecule has 6 heteroatoms. The van der Waals surface area contributed by atoms with Crippen LogP contribution >= 0.6 is 0 Å². The van der Waals surface area contributed by atoms with Crippen molar-refractivity contribution in [2.75, 3.05) is 19.0 Å². The van der Waals surface area contributed by atoms with Gasteiger partial charge in [0.1, 0.15) is 11.3 Å². The van der Waals surface area contributed by atoms with E-state index in [1.807, 2.05) is 30.3 Å². The first-order chi connectivity index (χ1) is 12.7. The lowest BCUT2D eigenvalue weighted by molar-refractivity contribution is 0.0697. The molecule has 0 bridgehead atoms. The topological polar surface area (TPSA) is 84.3 Å². The number of carboxylic acids is 1. The quantitative estimate of drug-likeness (QED) is 0.679. The van der Waals surface area contributed by atoms with Gasteiger partial charge in [-0.25, -0.2) is 14.8 Å². The number of rotatable bonds is 7. The average molecular weight is 349 g/mol. The number of benzene rings is 2. The average Bonchev–Trinajstić information content (AvgIpc) is 2.68. The third kappa shape index (κ3) is 3.97. The minimum absolute atomic E-state index is 0.0307. The van der Waals surface area contributed by atoms with Crippen LogP contribution in [-0.2, 0) is 6.42 Å². The summed E-state index contributed by atoms with van der Waals surface area (Å²) < 4.78 is 5.34. The normalized spacial score (nSPS) is 10.3. The van der Waals surface area contributed by atoms with Crippen LogP contribution in [0.5, 0.6) is 5.75 Å². The Kier molecular flexibility index (Phi) is 5.43. The zero-order valence-corrected chi connectivity index (χ0v) is 14.3. The second kappa shape index (κ2) is 8.11. The Morgan fingerprint density at radius 1 is 1.12 bits per heavy atom. The summed E-state index contributed by atoms with van der Waals surface area (Å²) in [5.74, 6) is -0.141. The summed E-state index contributed by atoms with van der Waals surface area (Å²) in [4.78, 5) is 20.1. The Labute approximate surface area is 151 Å². The Balaban J connectivity index is 1.86. The van der Waals surface area contributed by atoms with Gasteiger partial charge in [0.2, 0.25) is 5.95 Å². The molecule has 0 aliphatic heterocycles. The molecule has 2 N–H and O–H groups in total. The van der Waals surface area contributed by atoms with Crippen molar-refractivity contribution in [1.82, 2.24) is 9.97 Å². The van der Waals surface area contributed by atoms with Crippen molar-refractivity contribution in [3.8, 4) is 17.0 Å². The lowest BCUT2D eigenvalue weighted by Crippen LogP contribution is -2.11. The number of methoxy groups -OCH3 is 1. The Morgan fingerprint density at radius 3 is 2.58 bits per heavy atom. The number of para-hydroxylation sites is 1. The summed E-state index contributed by atoms with van der Waals surface area (Å²) in [6, 6.07) is 17.3. The number of carbonyl (C=O) groups is 1. The van der Waals surface area contributed by atoms with Crippen LogP contribution < -0.4 is 10.1 Å². The molecule has 1 aromatic heterocycles. The number of aromatic carboxylic acids is 1. The SMILES string of the molecule is COc1ccccc1-c1nc(NCCc2ccccc2)ncc1C(=O)O. The first-order valence-corrected chi connectivity index (χ1v) is 8.20. The third-order valence-corrected chi connectivity index (χ3v) is 3.92. The fraction of sp³-hybridized carbons (Fsp3) is 0.150. The standard InChI is InChI=1S/C20H19N3O3/c1-26-17-10-6-5-9-15(17)18-16(19(24)25)13-22-20(23-18)21-12-11-14-7-3-2-4-8-14/h2-10,13H,11-12H2,1H3,(H,24,25)(H,21,22,23). The Bertz CT molecular complexity index is 898. The highest BCUT2D eigenvalue weighted by molar-refractivity contribution is 5.95. The van der Waals surface area contributed by atoms with Crippen molar-refractivity contribution in [2.24, 2.45) is 0 Å². The van der Waals surface area contributed by atoms with E-state index < -0.39 is 5.97 Å². The van der Waals surface area contributed by atoms with Gasteiger partial charge in [0, 0.05) is 18.3 Å². The highest BCUT2D eigenvalue weighted by Crippen LogP contribution is 2.31. The summed E-state index contributed by atoms with van der Waals surface area (Å²) >= 11 is 0. The van der Waals surface area contributed by atoms with E-state index in [0.717, 1.165) is 6.42 Å². The van der Waals surface area contributed by atoms with Gasteiger partial charge in [-0.15, -0.1) is 0 Å². The molecule has 0 amide bonds. The molecule has 132 valence electrons. The minimum atomic E-state index is -1.08. The number of ether oxygens (including phenoxy) is 1. The summed E-state index contributed by atoms with van der Waals surface area (Å²) in [6.45, 7) is 0.641. The predicted molar refractivity (Wildman–Crippen MR) is 99.6 cm³/mol. The molecule has 0 spiro atoms. The van der Waals surface area contributed by atoms with Gasteiger partial charge < -0.3 is 15.2 Å². The van der Waals surface area contributed by atoms with Gasteiger partial charge in [0.15, 0.2) is 0 Å². The van der Waals surface area contributed by atoms with E-state index in [9.17, 15) is 9.90 Å². The van der Waals surface area contributed by atoms with Crippen molar-refractivity contribution in [3.05, 3.63) is 71.9 Å². The maximum absolute atomic E-state index is 11.6. The van der Waals surface area contributed by atoms with Gasteiger partial charge >= 0.3 is 5.97 Å². The fourth-order valence-corrected chi connectivity index (χ4v) is 2.63. The van der Waals surface area contributed by atoms with Crippen LogP contribution in [0.3, 0.4) is 0 Å². The largest absolute Gasteiger partial charge is 0.496 e. The molecule has 0 radical (unpaired) electrons. The first-order valence-electron chi connectivity index (χ1n) is 8.20. The van der Waals surface area contributed by atoms with Gasteiger partial charge in [-0.2, -0.15) is 0 Å². The van der Waals surface area contributed by atoms with Crippen molar-refractivity contribution in [3.63, 3.8) is 0 Å². The number of aromatic nitrogens is 2. The summed E-state index contributed by atoms with van der Waals surface area (Å²) in [7, 11) is 1.54. The van der Waals surface area contributed by atoms with E-state index in [4.69, 9.17) is 4.74 Å². The number of hydrogen-bond acceptors (Lipinski definition) is 5. The highest BCUT2D eigenvalue weighted by atomic mass is 16.5. The molecule has 0 unspecified atom stereocenters. The van der Waals surface area contributed by atoms with E-state index in [1.165, 1.54) is 11.8 Å². The molecule has 0 fully saturated rings. The highest BCUT2D eigenvalue weighted by Gasteiger charge is 2.18. The molecule has 26 heavy (non-hydrogen) atoms. The number of anilines is 1. The minimum Gasteiger partial charge on any atom is -0.496 e. The Morgan fingerprint density at radius 2 is 1.85 bits per heavy atom. The maximum atomic E-state index is 11.6. The van der Waals surface area contributed by atoms with Crippen molar-refractivity contribution in [2.45, 2.75) is 6.42 Å². The maximum Gasteiger partial charge on any atom is 0.339 e. The second-order valence-electron chi connectivity index (χ2n) is 5.62. The van der Waals surface area contributed by atoms with E-state index in [2.05, 4.69) is 27.4 Å². The number of hydrogen-bond donors (Lipinski definition) is 2. The van der Waals surface area contributed by atoms with Crippen molar-refractivity contribution < 1.29 is 14.6 Å². The Hall–Kier alpha value is -3.41. The summed E-state index contributed by atoms with van der Waals surface area (Å²) in [5.41, 5.74) is 2.17. The fourth-order valence-electron chi connectivity index (χ4n) is 2.63. The van der Waals surface area contributed by atoms with E-state index in [0.29, 0.717) is 29.5 Å². The van der Waals surface area contributed by atoms with Gasteiger partial charge in [-0.1, -0.05) is 42.5 Å². The smallest absolute Gasteiger partial charge is 0.339 e. The molecule has 0 atom stereocenters. The molecular formula is C20H19N3O3. The molecule has 6 nitrogen and oxygen atoms in total. The van der Waals surface area contributed by atoms with Gasteiger partial charge in [0.05, 0.1) is 12.8 Å². The molecule has 0 saturated carbocycles. The van der Waals surface area contributed by atoms with Crippen LogP contribution in [0.4, 0.5) is 5.95 Å². The van der Waals surface area contributed by atoms with Crippen LogP contribution in [0.1, 0.15) is 15.9 Å². The lowest BCUT2D eigenvalue weighted by Gasteiger charge is -2.12.